The summed E-state index contributed by atoms with van der Waals surface area (Å²) < 4.78 is 47.3. The fourth-order valence-electron chi connectivity index (χ4n) is 2.96. The molecule has 0 aliphatic carbocycles. The van der Waals surface area contributed by atoms with Crippen LogP contribution in [0.3, 0.4) is 0 Å². The van der Waals surface area contributed by atoms with E-state index in [9.17, 15) is 18.4 Å². The molecule has 2 rings (SSSR count). The Bertz CT molecular complexity index is 908. The first-order valence-electron chi connectivity index (χ1n) is 8.90. The van der Waals surface area contributed by atoms with Gasteiger partial charge in [0.05, 0.1) is 21.6 Å². The summed E-state index contributed by atoms with van der Waals surface area (Å²) in [5.74, 6) is -0.784. The Morgan fingerprint density at radius 1 is 1.46 bits per heavy atom. The van der Waals surface area contributed by atoms with E-state index >= 15 is 0 Å². The van der Waals surface area contributed by atoms with E-state index in [-0.39, 0.29) is 11.4 Å². The van der Waals surface area contributed by atoms with Crippen molar-refractivity contribution >= 4 is 37.0 Å². The van der Waals surface area contributed by atoms with Gasteiger partial charge in [0.15, 0.2) is 0 Å². The highest BCUT2D eigenvalue weighted by molar-refractivity contribution is 9.10. The smallest absolute Gasteiger partial charge is 0.146 e. The van der Waals surface area contributed by atoms with Crippen molar-refractivity contribution in [1.29, 1.82) is 5.26 Å². The lowest BCUT2D eigenvalue weighted by atomic mass is 10.0. The molecule has 0 spiro atoms. The molecule has 0 aromatic carbocycles. The second-order valence-electron chi connectivity index (χ2n) is 8.36. The minimum absolute atomic E-state index is 0.0109. The number of nitriles is 1. The third kappa shape index (κ3) is 4.70. The minimum Gasteiger partial charge on any atom is -0.598 e. The standard InChI is InChI=1S/C18H26BrFN4O2S2/c1-16(2,3)27(25)24-18(5,15-13(20)7-8-14(19)23-15)12-28(26)17(4,11-21)9-6-10-22-28/h7-8,24H,6,9-10,12H2,1-5H3/t17-,18-,27?,28+/m0/s1. The van der Waals surface area contributed by atoms with E-state index in [1.54, 1.807) is 34.6 Å². The Hall–Kier alpha value is -0.730. The molecule has 4 atom stereocenters. The number of halogens is 2. The van der Waals surface area contributed by atoms with Crippen LogP contribution < -0.4 is 4.72 Å². The molecule has 0 saturated heterocycles. The van der Waals surface area contributed by atoms with Crippen molar-refractivity contribution in [2.24, 2.45) is 4.36 Å². The van der Waals surface area contributed by atoms with E-state index in [4.69, 9.17) is 0 Å². The predicted molar refractivity (Wildman–Crippen MR) is 114 cm³/mol. The first-order chi connectivity index (χ1) is 12.8. The van der Waals surface area contributed by atoms with Crippen LogP contribution in [0.5, 0.6) is 0 Å². The first-order valence-corrected chi connectivity index (χ1v) is 12.5. The van der Waals surface area contributed by atoms with Gasteiger partial charge in [0.2, 0.25) is 0 Å². The Balaban J connectivity index is 2.62. The van der Waals surface area contributed by atoms with Crippen molar-refractivity contribution in [1.82, 2.24) is 9.71 Å². The fraction of sp³-hybridized carbons (Fsp3) is 0.667. The molecule has 2 heterocycles. The van der Waals surface area contributed by atoms with Gasteiger partial charge in [-0.15, -0.1) is 4.72 Å². The zero-order valence-corrected chi connectivity index (χ0v) is 19.9. The van der Waals surface area contributed by atoms with E-state index in [1.807, 2.05) is 0 Å². The van der Waals surface area contributed by atoms with Crippen LogP contribution in [0.15, 0.2) is 21.1 Å². The van der Waals surface area contributed by atoms with Gasteiger partial charge in [0, 0.05) is 17.9 Å². The van der Waals surface area contributed by atoms with Crippen LogP contribution >= 0.6 is 15.9 Å². The van der Waals surface area contributed by atoms with E-state index in [0.717, 1.165) is 0 Å². The summed E-state index contributed by atoms with van der Waals surface area (Å²) in [6, 6.07) is 4.87. The normalized spacial score (nSPS) is 28.7. The molecule has 0 saturated carbocycles. The molecule has 156 valence electrons. The summed E-state index contributed by atoms with van der Waals surface area (Å²) >= 11 is 1.65. The second kappa shape index (κ2) is 8.19. The van der Waals surface area contributed by atoms with Crippen LogP contribution in [0.2, 0.25) is 0 Å². The van der Waals surface area contributed by atoms with E-state index in [2.05, 4.69) is 36.1 Å². The fourth-order valence-corrected chi connectivity index (χ4v) is 6.96. The second-order valence-corrected chi connectivity index (χ2v) is 13.9. The van der Waals surface area contributed by atoms with Gasteiger partial charge in [-0.2, -0.15) is 5.26 Å². The molecule has 1 aliphatic heterocycles. The molecular weight excluding hydrogens is 467 g/mol. The van der Waals surface area contributed by atoms with Gasteiger partial charge in [0.25, 0.3) is 0 Å². The molecule has 1 unspecified atom stereocenters. The van der Waals surface area contributed by atoms with Crippen molar-refractivity contribution in [2.45, 2.75) is 62.5 Å². The highest BCUT2D eigenvalue weighted by Crippen LogP contribution is 2.36. The van der Waals surface area contributed by atoms with E-state index in [0.29, 0.717) is 24.0 Å². The molecule has 1 aromatic heterocycles. The summed E-state index contributed by atoms with van der Waals surface area (Å²) in [6.45, 7) is 8.97. The Kier molecular flexibility index (Phi) is 6.88. The maximum Gasteiger partial charge on any atom is 0.146 e. The number of nitrogens with zero attached hydrogens (tertiary/aromatic N) is 3. The van der Waals surface area contributed by atoms with Gasteiger partial charge in [0.1, 0.15) is 31.1 Å². The Labute approximate surface area is 178 Å². The zero-order valence-electron chi connectivity index (χ0n) is 16.7. The molecule has 0 bridgehead atoms. The first kappa shape index (κ1) is 23.5. The third-order valence-corrected chi connectivity index (χ3v) is 10.2. The average Bonchev–Trinajstić information content (AvgIpc) is 2.58. The summed E-state index contributed by atoms with van der Waals surface area (Å²) in [5, 5.41) is 9.70. The number of hydrogen-bond acceptors (Lipinski definition) is 6. The average molecular weight is 493 g/mol. The number of aromatic nitrogens is 1. The molecule has 28 heavy (non-hydrogen) atoms. The van der Waals surface area contributed by atoms with Gasteiger partial charge >= 0.3 is 0 Å². The van der Waals surface area contributed by atoms with Gasteiger partial charge in [-0.1, -0.05) is 0 Å². The van der Waals surface area contributed by atoms with Crippen molar-refractivity contribution in [3.05, 3.63) is 28.2 Å². The topological polar surface area (TPSA) is 101 Å². The van der Waals surface area contributed by atoms with Crippen molar-refractivity contribution in [3.8, 4) is 6.07 Å². The predicted octanol–water partition coefficient (Wildman–Crippen LogP) is 3.79. The van der Waals surface area contributed by atoms with Crippen LogP contribution in [-0.4, -0.2) is 35.5 Å². The van der Waals surface area contributed by atoms with Crippen molar-refractivity contribution in [3.63, 3.8) is 0 Å². The lowest BCUT2D eigenvalue weighted by Crippen LogP contribution is -2.56. The number of hydrogen-bond donors (Lipinski definition) is 1. The van der Waals surface area contributed by atoms with Gasteiger partial charge < -0.3 is 4.55 Å². The molecule has 10 heteroatoms. The molecule has 6 nitrogen and oxygen atoms in total. The molecule has 1 N–H and O–H groups in total. The summed E-state index contributed by atoms with van der Waals surface area (Å²) in [6.07, 6.45) is 1.11. The lowest BCUT2D eigenvalue weighted by Gasteiger charge is -2.38. The highest BCUT2D eigenvalue weighted by Gasteiger charge is 2.48. The van der Waals surface area contributed by atoms with E-state index in [1.165, 1.54) is 12.1 Å². The molecule has 0 radical (unpaired) electrons. The zero-order chi connectivity index (χ0) is 21.4. The van der Waals surface area contributed by atoms with Crippen LogP contribution in [0.1, 0.15) is 53.2 Å². The maximum absolute atomic E-state index is 14.8. The molecule has 1 aliphatic rings. The number of pyridine rings is 1. The van der Waals surface area contributed by atoms with Gasteiger partial charge in [-0.25, -0.2) is 17.9 Å². The lowest BCUT2D eigenvalue weighted by molar-refractivity contribution is 0.421. The molecule has 1 aromatic rings. The summed E-state index contributed by atoms with van der Waals surface area (Å²) in [5.41, 5.74) is -1.37. The van der Waals surface area contributed by atoms with Gasteiger partial charge in [-0.3, -0.25) is 0 Å². The largest absolute Gasteiger partial charge is 0.598 e. The quantitative estimate of drug-likeness (QED) is 0.497. The molecule has 0 fully saturated rings. The van der Waals surface area contributed by atoms with Gasteiger partial charge in [-0.05, 0) is 75.5 Å². The Morgan fingerprint density at radius 3 is 2.68 bits per heavy atom. The number of nitrogens with one attached hydrogen (secondary N) is 1. The van der Waals surface area contributed by atoms with E-state index < -0.39 is 41.9 Å². The molecule has 0 amide bonds. The third-order valence-electron chi connectivity index (χ3n) is 4.75. The Morgan fingerprint density at radius 2 is 2.11 bits per heavy atom. The van der Waals surface area contributed by atoms with Crippen LogP contribution in [0, 0.1) is 17.1 Å². The van der Waals surface area contributed by atoms with Crippen LogP contribution in [0.25, 0.3) is 0 Å². The SMILES string of the molecule is CC(C)(C)[S+]([O-])N[C@@](C)(C[S@]1(=O)=NCCC[C@@]1(C)C#N)c1nc(Br)ccc1F. The number of rotatable bonds is 5. The van der Waals surface area contributed by atoms with Crippen LogP contribution in [-0.2, 0) is 26.6 Å². The highest BCUT2D eigenvalue weighted by atomic mass is 79.9. The monoisotopic (exact) mass is 492 g/mol. The maximum atomic E-state index is 14.8. The van der Waals surface area contributed by atoms with Crippen molar-refractivity contribution in [2.75, 3.05) is 12.3 Å². The van der Waals surface area contributed by atoms with Crippen LogP contribution in [0.4, 0.5) is 4.39 Å². The molecular formula is C18H26BrFN4O2S2. The summed E-state index contributed by atoms with van der Waals surface area (Å²) in [4.78, 5) is 4.24. The van der Waals surface area contributed by atoms with Crippen molar-refractivity contribution < 1.29 is 13.2 Å². The summed E-state index contributed by atoms with van der Waals surface area (Å²) in [7, 11) is -3.06. The minimum atomic E-state index is -3.06.